The van der Waals surface area contributed by atoms with Gasteiger partial charge < -0.3 is 24.4 Å². The highest BCUT2D eigenvalue weighted by Gasteiger charge is 2.57. The van der Waals surface area contributed by atoms with Crippen LogP contribution in [0, 0.1) is 0 Å². The summed E-state index contributed by atoms with van der Waals surface area (Å²) < 4.78 is 17.2. The summed E-state index contributed by atoms with van der Waals surface area (Å²) >= 11 is 1.61. The minimum Gasteiger partial charge on any atom is -0.491 e. The van der Waals surface area contributed by atoms with Gasteiger partial charge in [0.1, 0.15) is 17.8 Å². The van der Waals surface area contributed by atoms with E-state index in [-0.39, 0.29) is 25.2 Å². The highest BCUT2D eigenvalue weighted by Crippen LogP contribution is 2.55. The molecular formula is C29H22N2O5S. The van der Waals surface area contributed by atoms with Gasteiger partial charge in [-0.3, -0.25) is 9.59 Å². The summed E-state index contributed by atoms with van der Waals surface area (Å²) in [5.41, 5.74) is 3.01. The molecule has 7 rings (SSSR count). The number of fused-ring (bicyclic) bond motifs is 5. The Morgan fingerprint density at radius 1 is 0.919 bits per heavy atom. The maximum atomic E-state index is 14.2. The Morgan fingerprint density at radius 3 is 2.65 bits per heavy atom. The Morgan fingerprint density at radius 2 is 1.78 bits per heavy atom. The van der Waals surface area contributed by atoms with Gasteiger partial charge in [0.05, 0.1) is 13.1 Å². The van der Waals surface area contributed by atoms with Crippen molar-refractivity contribution in [3.05, 3.63) is 105 Å². The van der Waals surface area contributed by atoms with E-state index in [0.717, 1.165) is 27.3 Å². The second kappa shape index (κ2) is 8.38. The number of hydrogen-bond donors (Lipinski definition) is 1. The lowest BCUT2D eigenvalue weighted by atomic mass is 9.77. The molecule has 1 atom stereocenters. The molecule has 1 unspecified atom stereocenters. The fraction of sp³-hybridized carbons (Fsp3) is 0.172. The van der Waals surface area contributed by atoms with Crippen molar-refractivity contribution in [2.45, 2.75) is 18.5 Å². The van der Waals surface area contributed by atoms with E-state index < -0.39 is 5.41 Å². The highest BCUT2D eigenvalue weighted by atomic mass is 32.1. The minimum absolute atomic E-state index is 0.0566. The van der Waals surface area contributed by atoms with E-state index in [2.05, 4.69) is 5.32 Å². The van der Waals surface area contributed by atoms with Crippen LogP contribution in [0.5, 0.6) is 17.2 Å². The van der Waals surface area contributed by atoms with Gasteiger partial charge in [-0.25, -0.2) is 0 Å². The van der Waals surface area contributed by atoms with Crippen molar-refractivity contribution in [2.75, 3.05) is 18.3 Å². The molecule has 1 N–H and O–H groups in total. The van der Waals surface area contributed by atoms with Gasteiger partial charge in [-0.05, 0) is 46.8 Å². The number of benzene rings is 3. The summed E-state index contributed by atoms with van der Waals surface area (Å²) in [6.07, 6.45) is 0. The van der Waals surface area contributed by atoms with E-state index in [0.29, 0.717) is 35.9 Å². The maximum Gasteiger partial charge on any atom is 0.251 e. The first-order valence-electron chi connectivity index (χ1n) is 12.0. The Balaban J connectivity index is 1.20. The predicted octanol–water partition coefficient (Wildman–Crippen LogP) is 4.63. The van der Waals surface area contributed by atoms with Gasteiger partial charge in [-0.2, -0.15) is 0 Å². The molecule has 1 spiro atoms. The molecule has 184 valence electrons. The van der Waals surface area contributed by atoms with E-state index in [1.165, 1.54) is 0 Å². The fourth-order valence-corrected chi connectivity index (χ4v) is 6.04. The van der Waals surface area contributed by atoms with Gasteiger partial charge in [0.25, 0.3) is 5.91 Å². The van der Waals surface area contributed by atoms with Crippen LogP contribution in [0.1, 0.15) is 31.9 Å². The topological polar surface area (TPSA) is 77.1 Å². The van der Waals surface area contributed by atoms with E-state index in [9.17, 15) is 9.59 Å². The highest BCUT2D eigenvalue weighted by molar-refractivity contribution is 7.09. The molecular weight excluding hydrogens is 488 g/mol. The predicted molar refractivity (Wildman–Crippen MR) is 138 cm³/mol. The number of rotatable bonds is 5. The molecule has 3 aliphatic heterocycles. The third-order valence-corrected chi connectivity index (χ3v) is 8.05. The summed E-state index contributed by atoms with van der Waals surface area (Å²) in [4.78, 5) is 29.9. The first-order chi connectivity index (χ1) is 18.1. The molecule has 4 aromatic rings. The van der Waals surface area contributed by atoms with Crippen LogP contribution in [-0.2, 0) is 23.3 Å². The zero-order valence-electron chi connectivity index (χ0n) is 19.7. The maximum absolute atomic E-state index is 14.2. The average molecular weight is 511 g/mol. The number of ether oxygens (including phenoxy) is 3. The third kappa shape index (κ3) is 3.40. The number of para-hydroxylation sites is 1. The Labute approximate surface area is 217 Å². The SMILES string of the molecule is O=C(NCc1cccs1)c1cccc(CN2C(=O)C3(COc4cc5c(cc43)OCO5)c3ccccc32)c1. The van der Waals surface area contributed by atoms with Crippen molar-refractivity contribution in [2.24, 2.45) is 0 Å². The Bertz CT molecular complexity index is 1550. The lowest BCUT2D eigenvalue weighted by molar-refractivity contribution is -0.122. The fourth-order valence-electron chi connectivity index (χ4n) is 5.40. The third-order valence-electron chi connectivity index (χ3n) is 7.18. The Kier molecular flexibility index (Phi) is 4.97. The van der Waals surface area contributed by atoms with Crippen LogP contribution in [0.2, 0.25) is 0 Å². The summed E-state index contributed by atoms with van der Waals surface area (Å²) in [5, 5.41) is 4.96. The van der Waals surface area contributed by atoms with Crippen molar-refractivity contribution in [1.82, 2.24) is 5.32 Å². The van der Waals surface area contributed by atoms with Crippen LogP contribution in [-0.4, -0.2) is 25.2 Å². The van der Waals surface area contributed by atoms with Gasteiger partial charge in [0.2, 0.25) is 12.7 Å². The normalized spacial score (nSPS) is 18.6. The number of nitrogens with one attached hydrogen (secondary N) is 1. The molecule has 0 radical (unpaired) electrons. The van der Waals surface area contributed by atoms with Crippen LogP contribution in [0.15, 0.2) is 78.2 Å². The van der Waals surface area contributed by atoms with Crippen molar-refractivity contribution in [3.63, 3.8) is 0 Å². The van der Waals surface area contributed by atoms with Gasteiger partial charge >= 0.3 is 0 Å². The summed E-state index contributed by atoms with van der Waals surface area (Å²) in [5.74, 6) is 1.68. The summed E-state index contributed by atoms with van der Waals surface area (Å²) in [7, 11) is 0. The first-order valence-corrected chi connectivity index (χ1v) is 12.9. The van der Waals surface area contributed by atoms with Crippen LogP contribution >= 0.6 is 11.3 Å². The zero-order valence-corrected chi connectivity index (χ0v) is 20.5. The second-order valence-electron chi connectivity index (χ2n) is 9.27. The molecule has 3 aromatic carbocycles. The average Bonchev–Trinajstić information content (AvgIpc) is 3.72. The van der Waals surface area contributed by atoms with E-state index >= 15 is 0 Å². The molecule has 8 heteroatoms. The van der Waals surface area contributed by atoms with Crippen LogP contribution in [0.4, 0.5) is 5.69 Å². The minimum atomic E-state index is -0.956. The summed E-state index contributed by atoms with van der Waals surface area (Å²) in [6, 6.07) is 22.9. The number of thiophene rings is 1. The monoisotopic (exact) mass is 510 g/mol. The van der Waals surface area contributed by atoms with Crippen molar-refractivity contribution < 1.29 is 23.8 Å². The van der Waals surface area contributed by atoms with Crippen molar-refractivity contribution in [3.8, 4) is 17.2 Å². The number of carbonyl (C=O) groups excluding carboxylic acids is 2. The molecule has 7 nitrogen and oxygen atoms in total. The van der Waals surface area contributed by atoms with Crippen LogP contribution in [0.3, 0.4) is 0 Å². The number of anilines is 1. The number of hydrogen-bond acceptors (Lipinski definition) is 6. The van der Waals surface area contributed by atoms with Gasteiger partial charge in [0, 0.05) is 27.8 Å². The smallest absolute Gasteiger partial charge is 0.251 e. The van der Waals surface area contributed by atoms with Crippen LogP contribution in [0.25, 0.3) is 0 Å². The molecule has 0 saturated heterocycles. The standard InChI is InChI=1S/C29H22N2O5S/c32-27(30-14-20-7-4-10-37-20)19-6-3-5-18(11-19)15-31-23-9-2-1-8-21(23)29(28(31)33)16-34-24-13-26-25(12-22(24)29)35-17-36-26/h1-13H,14-17H2,(H,30,32). The molecule has 0 fully saturated rings. The van der Waals surface area contributed by atoms with E-state index in [4.69, 9.17) is 14.2 Å². The van der Waals surface area contributed by atoms with E-state index in [1.807, 2.05) is 72.1 Å². The molecule has 3 aliphatic rings. The van der Waals surface area contributed by atoms with Crippen molar-refractivity contribution >= 4 is 28.8 Å². The van der Waals surface area contributed by atoms with Gasteiger partial charge in [-0.15, -0.1) is 11.3 Å². The first kappa shape index (κ1) is 21.9. The zero-order chi connectivity index (χ0) is 25.0. The molecule has 37 heavy (non-hydrogen) atoms. The molecule has 0 aliphatic carbocycles. The van der Waals surface area contributed by atoms with Crippen LogP contribution < -0.4 is 24.4 Å². The van der Waals surface area contributed by atoms with Crippen molar-refractivity contribution in [1.29, 1.82) is 0 Å². The number of carbonyl (C=O) groups is 2. The van der Waals surface area contributed by atoms with Gasteiger partial charge in [-0.1, -0.05) is 36.4 Å². The van der Waals surface area contributed by atoms with Gasteiger partial charge in [0.15, 0.2) is 11.5 Å². The molecule has 0 bridgehead atoms. The molecule has 4 heterocycles. The molecule has 2 amide bonds. The number of amides is 2. The number of nitrogens with zero attached hydrogens (tertiary/aromatic N) is 1. The van der Waals surface area contributed by atoms with E-state index in [1.54, 1.807) is 22.3 Å². The quantitative estimate of drug-likeness (QED) is 0.424. The second-order valence-corrected chi connectivity index (χ2v) is 10.3. The lowest BCUT2D eigenvalue weighted by Crippen LogP contribution is -2.42. The largest absolute Gasteiger partial charge is 0.491 e. The molecule has 1 aromatic heterocycles. The molecule has 0 saturated carbocycles. The summed E-state index contributed by atoms with van der Waals surface area (Å²) in [6.45, 7) is 1.19. The lowest BCUT2D eigenvalue weighted by Gasteiger charge is -2.23. The Hall–Kier alpha value is -4.30.